The second-order valence-corrected chi connectivity index (χ2v) is 6.11. The van der Waals surface area contributed by atoms with E-state index in [1.807, 2.05) is 11.3 Å². The van der Waals surface area contributed by atoms with Crippen molar-refractivity contribution < 1.29 is 0 Å². The molecule has 2 aromatic rings. The molecule has 2 heterocycles. The predicted molar refractivity (Wildman–Crippen MR) is 69.3 cm³/mol. The molecule has 0 spiro atoms. The first kappa shape index (κ1) is 11.1. The minimum absolute atomic E-state index is 0.644. The first-order valence-electron chi connectivity index (χ1n) is 4.78. The maximum atomic E-state index is 5.69. The Morgan fingerprint density at radius 1 is 1.40 bits per heavy atom. The smallest absolute Gasteiger partial charge is 0.124 e. The number of aryl methyl sites for hydroxylation is 3. The topological polar surface area (TPSA) is 12.9 Å². The van der Waals surface area contributed by atoms with Crippen LogP contribution in [0.2, 0.25) is 0 Å². The van der Waals surface area contributed by atoms with Gasteiger partial charge in [0.1, 0.15) is 5.01 Å². The molecule has 0 radical (unpaired) electrons. The van der Waals surface area contributed by atoms with E-state index >= 15 is 0 Å². The molecule has 0 bridgehead atoms. The van der Waals surface area contributed by atoms with Crippen LogP contribution in [-0.4, -0.2) is 10.9 Å². The molecule has 0 aliphatic carbocycles. The van der Waals surface area contributed by atoms with Crippen molar-refractivity contribution in [1.82, 2.24) is 4.98 Å². The van der Waals surface area contributed by atoms with Gasteiger partial charge in [0.15, 0.2) is 0 Å². The number of thiophene rings is 1. The third-order valence-corrected chi connectivity index (χ3v) is 4.25. The summed E-state index contributed by atoms with van der Waals surface area (Å²) in [5.41, 5.74) is 2.39. The molecular weight excluding hydrogens is 246 g/mol. The zero-order chi connectivity index (χ0) is 10.8. The van der Waals surface area contributed by atoms with E-state index in [-0.39, 0.29) is 0 Å². The highest BCUT2D eigenvalue weighted by molar-refractivity contribution is 7.15. The van der Waals surface area contributed by atoms with E-state index in [1.165, 1.54) is 15.3 Å². The summed E-state index contributed by atoms with van der Waals surface area (Å²) in [5, 5.41) is 3.22. The monoisotopic (exact) mass is 257 g/mol. The number of hydrogen-bond acceptors (Lipinski definition) is 3. The van der Waals surface area contributed by atoms with Crippen LogP contribution in [0.5, 0.6) is 0 Å². The first-order valence-corrected chi connectivity index (χ1v) is 7.01. The standard InChI is InChI=1S/C11H12ClNS2/c1-7-5-10(8(2)15-7)11-13-9(3-4-12)6-14-11/h5-6H,3-4H2,1-2H3. The van der Waals surface area contributed by atoms with Gasteiger partial charge in [0.05, 0.1) is 5.69 Å². The van der Waals surface area contributed by atoms with E-state index in [9.17, 15) is 0 Å². The molecule has 1 nitrogen and oxygen atoms in total. The number of hydrogen-bond donors (Lipinski definition) is 0. The van der Waals surface area contributed by atoms with E-state index in [0.717, 1.165) is 17.1 Å². The van der Waals surface area contributed by atoms with Crippen molar-refractivity contribution in [1.29, 1.82) is 0 Å². The molecule has 0 N–H and O–H groups in total. The van der Waals surface area contributed by atoms with Crippen LogP contribution in [0.15, 0.2) is 11.4 Å². The normalized spacial score (nSPS) is 10.9. The molecular formula is C11H12ClNS2. The fourth-order valence-corrected chi connectivity index (χ4v) is 3.60. The Balaban J connectivity index is 2.32. The van der Waals surface area contributed by atoms with Crippen LogP contribution in [0.3, 0.4) is 0 Å². The Kier molecular flexibility index (Phi) is 3.44. The summed E-state index contributed by atoms with van der Waals surface area (Å²) in [7, 11) is 0. The third-order valence-electron chi connectivity index (χ3n) is 2.17. The highest BCUT2D eigenvalue weighted by Gasteiger charge is 2.09. The van der Waals surface area contributed by atoms with Gasteiger partial charge in [0, 0.05) is 33.0 Å². The highest BCUT2D eigenvalue weighted by atomic mass is 35.5. The number of thiazole rings is 1. The fraction of sp³-hybridized carbons (Fsp3) is 0.364. The number of alkyl halides is 1. The molecule has 2 rings (SSSR count). The Morgan fingerprint density at radius 2 is 2.20 bits per heavy atom. The highest BCUT2D eigenvalue weighted by Crippen LogP contribution is 2.32. The van der Waals surface area contributed by atoms with Gasteiger partial charge in [-0.15, -0.1) is 34.3 Å². The second kappa shape index (κ2) is 4.64. The average Bonchev–Trinajstić information content (AvgIpc) is 2.73. The van der Waals surface area contributed by atoms with Gasteiger partial charge in [0.25, 0.3) is 0 Å². The van der Waals surface area contributed by atoms with Crippen molar-refractivity contribution in [2.75, 3.05) is 5.88 Å². The van der Waals surface area contributed by atoms with Gasteiger partial charge >= 0.3 is 0 Å². The minimum Gasteiger partial charge on any atom is -0.241 e. The van der Waals surface area contributed by atoms with Gasteiger partial charge in [-0.1, -0.05) is 0 Å². The van der Waals surface area contributed by atoms with E-state index in [1.54, 1.807) is 11.3 Å². The quantitative estimate of drug-likeness (QED) is 0.749. The lowest BCUT2D eigenvalue weighted by Crippen LogP contribution is -1.85. The van der Waals surface area contributed by atoms with Crippen molar-refractivity contribution in [3.8, 4) is 10.6 Å². The van der Waals surface area contributed by atoms with Gasteiger partial charge in [0.2, 0.25) is 0 Å². The van der Waals surface area contributed by atoms with E-state index in [2.05, 4.69) is 30.3 Å². The zero-order valence-electron chi connectivity index (χ0n) is 8.71. The molecule has 2 aromatic heterocycles. The molecule has 0 aromatic carbocycles. The minimum atomic E-state index is 0.644. The molecule has 0 amide bonds. The van der Waals surface area contributed by atoms with Gasteiger partial charge < -0.3 is 0 Å². The Hall–Kier alpha value is -0.380. The Bertz CT molecular complexity index is 459. The molecule has 80 valence electrons. The van der Waals surface area contributed by atoms with Crippen molar-refractivity contribution >= 4 is 34.3 Å². The average molecular weight is 258 g/mol. The van der Waals surface area contributed by atoms with Crippen LogP contribution in [-0.2, 0) is 6.42 Å². The Labute approximate surface area is 103 Å². The Morgan fingerprint density at radius 3 is 2.80 bits per heavy atom. The van der Waals surface area contributed by atoms with Crippen LogP contribution in [0.1, 0.15) is 15.4 Å². The van der Waals surface area contributed by atoms with Crippen molar-refractivity contribution in [2.24, 2.45) is 0 Å². The number of aromatic nitrogens is 1. The summed E-state index contributed by atoms with van der Waals surface area (Å²) < 4.78 is 0. The molecule has 0 unspecified atom stereocenters. The number of halogens is 1. The number of rotatable bonds is 3. The second-order valence-electron chi connectivity index (χ2n) is 3.41. The van der Waals surface area contributed by atoms with Crippen LogP contribution >= 0.6 is 34.3 Å². The van der Waals surface area contributed by atoms with Crippen LogP contribution in [0.4, 0.5) is 0 Å². The van der Waals surface area contributed by atoms with Crippen LogP contribution < -0.4 is 0 Å². The predicted octanol–water partition coefficient (Wildman–Crippen LogP) is 4.27. The van der Waals surface area contributed by atoms with Gasteiger partial charge in [-0.25, -0.2) is 4.98 Å². The lowest BCUT2D eigenvalue weighted by Gasteiger charge is -1.92. The van der Waals surface area contributed by atoms with E-state index in [4.69, 9.17) is 11.6 Å². The van der Waals surface area contributed by atoms with Gasteiger partial charge in [-0.3, -0.25) is 0 Å². The molecule has 0 atom stereocenters. The van der Waals surface area contributed by atoms with E-state index in [0.29, 0.717) is 5.88 Å². The molecule has 0 saturated heterocycles. The van der Waals surface area contributed by atoms with Crippen molar-refractivity contribution in [2.45, 2.75) is 20.3 Å². The largest absolute Gasteiger partial charge is 0.241 e. The zero-order valence-corrected chi connectivity index (χ0v) is 11.1. The fourth-order valence-electron chi connectivity index (χ4n) is 1.49. The lowest BCUT2D eigenvalue weighted by atomic mass is 10.2. The molecule has 4 heteroatoms. The number of nitrogens with zero attached hydrogens (tertiary/aromatic N) is 1. The summed E-state index contributed by atoms with van der Waals surface area (Å²) in [6.45, 7) is 4.28. The molecule has 15 heavy (non-hydrogen) atoms. The van der Waals surface area contributed by atoms with Gasteiger partial charge in [-0.2, -0.15) is 0 Å². The molecule has 0 aliphatic heterocycles. The maximum Gasteiger partial charge on any atom is 0.124 e. The van der Waals surface area contributed by atoms with Crippen molar-refractivity contribution in [3.05, 3.63) is 26.9 Å². The third kappa shape index (κ3) is 2.41. The summed E-state index contributed by atoms with van der Waals surface area (Å²) >= 11 is 9.23. The maximum absolute atomic E-state index is 5.69. The SMILES string of the molecule is Cc1cc(-c2nc(CCCl)cs2)c(C)s1. The van der Waals surface area contributed by atoms with Gasteiger partial charge in [-0.05, 0) is 19.9 Å². The molecule has 0 saturated carbocycles. The first-order chi connectivity index (χ1) is 7.20. The molecule has 0 aliphatic rings. The summed E-state index contributed by atoms with van der Waals surface area (Å²) in [6, 6.07) is 2.21. The van der Waals surface area contributed by atoms with Crippen molar-refractivity contribution in [3.63, 3.8) is 0 Å². The molecule has 0 fully saturated rings. The summed E-state index contributed by atoms with van der Waals surface area (Å²) in [5.74, 6) is 0.644. The lowest BCUT2D eigenvalue weighted by molar-refractivity contribution is 1.07. The van der Waals surface area contributed by atoms with Crippen LogP contribution in [0, 0.1) is 13.8 Å². The summed E-state index contributed by atoms with van der Waals surface area (Å²) in [6.07, 6.45) is 0.861. The van der Waals surface area contributed by atoms with E-state index < -0.39 is 0 Å². The summed E-state index contributed by atoms with van der Waals surface area (Å²) in [4.78, 5) is 7.28. The van der Waals surface area contributed by atoms with Crippen LogP contribution in [0.25, 0.3) is 10.6 Å².